The summed E-state index contributed by atoms with van der Waals surface area (Å²) in [5, 5.41) is 14.8. The van der Waals surface area contributed by atoms with Gasteiger partial charge in [0.25, 0.3) is 0 Å². The lowest BCUT2D eigenvalue weighted by Gasteiger charge is -2.34. The lowest BCUT2D eigenvalue weighted by atomic mass is 9.96. The van der Waals surface area contributed by atoms with Gasteiger partial charge in [-0.25, -0.2) is 9.59 Å². The molecule has 0 spiro atoms. The predicted octanol–water partition coefficient (Wildman–Crippen LogP) is 2.08. The zero-order valence-electron chi connectivity index (χ0n) is 16.9. The number of nitrogens with zero attached hydrogens (tertiary/aromatic N) is 2. The van der Waals surface area contributed by atoms with Crippen LogP contribution in [0.3, 0.4) is 0 Å². The minimum atomic E-state index is -1.82. The van der Waals surface area contributed by atoms with Gasteiger partial charge in [0.15, 0.2) is 0 Å². The highest BCUT2D eigenvalue weighted by Crippen LogP contribution is 2.23. The van der Waals surface area contributed by atoms with Crippen LogP contribution < -0.4 is 4.74 Å². The number of carbonyl (C=O) groups excluding carboxylic acids is 1. The summed E-state index contributed by atoms with van der Waals surface area (Å²) in [5.41, 5.74) is 1.29. The van der Waals surface area contributed by atoms with E-state index in [0.29, 0.717) is 12.5 Å². The molecule has 1 atom stereocenters. The lowest BCUT2D eigenvalue weighted by molar-refractivity contribution is -0.159. The average Bonchev–Trinajstić information content (AvgIpc) is 3.24. The Morgan fingerprint density at radius 1 is 1.00 bits per heavy atom. The summed E-state index contributed by atoms with van der Waals surface area (Å²) in [6.45, 7) is 7.56. The summed E-state index contributed by atoms with van der Waals surface area (Å²) in [5.74, 6) is -2.13. The van der Waals surface area contributed by atoms with Crippen molar-refractivity contribution in [2.45, 2.75) is 39.2 Å². The summed E-state index contributed by atoms with van der Waals surface area (Å²) in [7, 11) is 0. The highest BCUT2D eigenvalue weighted by molar-refractivity contribution is 6.27. The van der Waals surface area contributed by atoms with Gasteiger partial charge < -0.3 is 19.8 Å². The van der Waals surface area contributed by atoms with Crippen molar-refractivity contribution in [3.63, 3.8) is 0 Å². The number of rotatable bonds is 5. The summed E-state index contributed by atoms with van der Waals surface area (Å²) < 4.78 is 5.49. The average molecular weight is 406 g/mol. The van der Waals surface area contributed by atoms with E-state index in [9.17, 15) is 4.79 Å². The van der Waals surface area contributed by atoms with E-state index >= 15 is 0 Å². The summed E-state index contributed by atoms with van der Waals surface area (Å²) in [6, 6.07) is 8.35. The van der Waals surface area contributed by atoms with Crippen molar-refractivity contribution >= 4 is 17.8 Å². The summed E-state index contributed by atoms with van der Waals surface area (Å²) in [4.78, 5) is 35.3. The zero-order valence-corrected chi connectivity index (χ0v) is 16.9. The molecule has 3 rings (SSSR count). The molecule has 29 heavy (non-hydrogen) atoms. The molecule has 2 aliphatic heterocycles. The van der Waals surface area contributed by atoms with Crippen LogP contribution in [0.5, 0.6) is 5.75 Å². The van der Waals surface area contributed by atoms with Gasteiger partial charge in [-0.15, -0.1) is 0 Å². The molecule has 160 valence electrons. The van der Waals surface area contributed by atoms with E-state index in [-0.39, 0.29) is 5.92 Å². The number of piperidine rings is 1. The standard InChI is InChI=1S/C19H28N2O2.C2H2O4/c1-2-23-18-9-7-16(8-10-18)14-20-11-5-6-17(15-20)19(22)21-12-3-4-13-21;3-1(4)2(5)6/h7-10,17H,2-6,11-15H2,1H3;(H,3,4)(H,5,6). The summed E-state index contributed by atoms with van der Waals surface area (Å²) in [6.07, 6.45) is 4.53. The first-order valence-corrected chi connectivity index (χ1v) is 10.1. The Morgan fingerprint density at radius 2 is 1.62 bits per heavy atom. The van der Waals surface area contributed by atoms with Crippen LogP contribution >= 0.6 is 0 Å². The molecule has 2 heterocycles. The minimum Gasteiger partial charge on any atom is -0.494 e. The van der Waals surface area contributed by atoms with E-state index < -0.39 is 11.9 Å². The quantitative estimate of drug-likeness (QED) is 0.721. The van der Waals surface area contributed by atoms with Crippen LogP contribution in [-0.2, 0) is 20.9 Å². The number of benzene rings is 1. The first kappa shape index (κ1) is 22.7. The Kier molecular flexibility index (Phi) is 8.92. The van der Waals surface area contributed by atoms with Crippen LogP contribution in [0.2, 0.25) is 0 Å². The molecular formula is C21H30N2O6. The van der Waals surface area contributed by atoms with Crippen LogP contribution in [0.15, 0.2) is 24.3 Å². The Labute approximate surface area is 171 Å². The van der Waals surface area contributed by atoms with Gasteiger partial charge >= 0.3 is 11.9 Å². The number of hydrogen-bond donors (Lipinski definition) is 2. The predicted molar refractivity (Wildman–Crippen MR) is 107 cm³/mol. The van der Waals surface area contributed by atoms with Gasteiger partial charge in [0.1, 0.15) is 5.75 Å². The number of likely N-dealkylation sites (tertiary alicyclic amines) is 2. The van der Waals surface area contributed by atoms with Crippen molar-refractivity contribution in [1.29, 1.82) is 0 Å². The molecule has 0 bridgehead atoms. The van der Waals surface area contributed by atoms with E-state index in [1.54, 1.807) is 0 Å². The number of ether oxygens (including phenoxy) is 1. The third-order valence-corrected chi connectivity index (χ3v) is 5.10. The number of hydrogen-bond acceptors (Lipinski definition) is 5. The van der Waals surface area contributed by atoms with Gasteiger partial charge in [-0.2, -0.15) is 0 Å². The van der Waals surface area contributed by atoms with Crippen molar-refractivity contribution in [3.05, 3.63) is 29.8 Å². The number of carboxylic acid groups (broad SMARTS) is 2. The molecule has 8 nitrogen and oxygen atoms in total. The topological polar surface area (TPSA) is 107 Å². The highest BCUT2D eigenvalue weighted by Gasteiger charge is 2.30. The molecule has 1 aromatic carbocycles. The number of aliphatic carboxylic acids is 2. The molecule has 0 aliphatic carbocycles. The Hall–Kier alpha value is -2.61. The number of carboxylic acids is 2. The molecule has 1 amide bonds. The second kappa shape index (κ2) is 11.4. The molecule has 2 aliphatic rings. The van der Waals surface area contributed by atoms with Crippen molar-refractivity contribution in [1.82, 2.24) is 9.80 Å². The SMILES string of the molecule is CCOc1ccc(CN2CCCC(C(=O)N3CCCC3)C2)cc1.O=C(O)C(=O)O. The number of carbonyl (C=O) groups is 3. The minimum absolute atomic E-state index is 0.199. The highest BCUT2D eigenvalue weighted by atomic mass is 16.5. The van der Waals surface area contributed by atoms with Crippen LogP contribution in [0.4, 0.5) is 0 Å². The van der Waals surface area contributed by atoms with Crippen molar-refractivity contribution in [2.75, 3.05) is 32.8 Å². The molecule has 0 aromatic heterocycles. The van der Waals surface area contributed by atoms with E-state index in [4.69, 9.17) is 24.5 Å². The van der Waals surface area contributed by atoms with Gasteiger partial charge in [-0.3, -0.25) is 9.69 Å². The van der Waals surface area contributed by atoms with E-state index in [0.717, 1.165) is 51.3 Å². The first-order valence-electron chi connectivity index (χ1n) is 10.1. The van der Waals surface area contributed by atoms with Gasteiger partial charge in [-0.1, -0.05) is 12.1 Å². The van der Waals surface area contributed by atoms with Crippen molar-refractivity contribution in [3.8, 4) is 5.75 Å². The van der Waals surface area contributed by atoms with Gasteiger partial charge in [-0.05, 0) is 56.8 Å². The normalized spacial score (nSPS) is 19.2. The Bertz CT molecular complexity index is 673. The zero-order chi connectivity index (χ0) is 21.2. The smallest absolute Gasteiger partial charge is 0.414 e. The molecular weight excluding hydrogens is 376 g/mol. The van der Waals surface area contributed by atoms with Crippen LogP contribution in [0.25, 0.3) is 0 Å². The summed E-state index contributed by atoms with van der Waals surface area (Å²) >= 11 is 0. The second-order valence-corrected chi connectivity index (χ2v) is 7.29. The maximum absolute atomic E-state index is 12.6. The molecule has 0 saturated carbocycles. The molecule has 1 unspecified atom stereocenters. The molecule has 0 radical (unpaired) electrons. The van der Waals surface area contributed by atoms with Gasteiger partial charge in [0.2, 0.25) is 5.91 Å². The molecule has 2 fully saturated rings. The van der Waals surface area contributed by atoms with Crippen molar-refractivity contribution in [2.24, 2.45) is 5.92 Å². The van der Waals surface area contributed by atoms with E-state index in [1.165, 1.54) is 18.4 Å². The molecule has 2 N–H and O–H groups in total. The second-order valence-electron chi connectivity index (χ2n) is 7.29. The monoisotopic (exact) mass is 406 g/mol. The van der Waals surface area contributed by atoms with Gasteiger partial charge in [0.05, 0.1) is 12.5 Å². The maximum atomic E-state index is 12.6. The van der Waals surface area contributed by atoms with E-state index in [2.05, 4.69) is 21.9 Å². The Balaban J connectivity index is 0.000000438. The fourth-order valence-electron chi connectivity index (χ4n) is 3.71. The molecule has 1 aromatic rings. The third-order valence-electron chi connectivity index (χ3n) is 5.10. The van der Waals surface area contributed by atoms with Gasteiger partial charge in [0, 0.05) is 26.2 Å². The first-order chi connectivity index (χ1) is 13.9. The van der Waals surface area contributed by atoms with Crippen LogP contribution in [-0.4, -0.2) is 70.6 Å². The maximum Gasteiger partial charge on any atom is 0.414 e. The molecule has 2 saturated heterocycles. The third kappa shape index (κ3) is 7.38. The largest absolute Gasteiger partial charge is 0.494 e. The fourth-order valence-corrected chi connectivity index (χ4v) is 3.71. The fraction of sp³-hybridized carbons (Fsp3) is 0.571. The van der Waals surface area contributed by atoms with Crippen LogP contribution in [0.1, 0.15) is 38.2 Å². The van der Waals surface area contributed by atoms with Crippen molar-refractivity contribution < 1.29 is 29.3 Å². The van der Waals surface area contributed by atoms with E-state index in [1.807, 2.05) is 19.1 Å². The molecule has 8 heteroatoms. The number of amides is 1. The van der Waals surface area contributed by atoms with Crippen LogP contribution in [0, 0.1) is 5.92 Å². The Morgan fingerprint density at radius 3 is 2.17 bits per heavy atom. The lowest BCUT2D eigenvalue weighted by Crippen LogP contribution is -2.43.